The van der Waals surface area contributed by atoms with E-state index in [-0.39, 0.29) is 12.0 Å². The molecule has 4 heteroatoms. The van der Waals surface area contributed by atoms with E-state index in [1.807, 2.05) is 0 Å². The fourth-order valence-corrected chi connectivity index (χ4v) is 1.25. The zero-order valence-corrected chi connectivity index (χ0v) is 8.71. The smallest absolute Gasteiger partial charge is 0.162 e. The van der Waals surface area contributed by atoms with Gasteiger partial charge < -0.3 is 9.84 Å². The molecular formula is C11H14F2O2. The van der Waals surface area contributed by atoms with Gasteiger partial charge in [-0.2, -0.15) is 0 Å². The minimum atomic E-state index is -0.903. The second-order valence-electron chi connectivity index (χ2n) is 3.43. The van der Waals surface area contributed by atoms with Crippen LogP contribution < -0.4 is 0 Å². The maximum absolute atomic E-state index is 13.2. The Morgan fingerprint density at radius 2 is 2.07 bits per heavy atom. The third kappa shape index (κ3) is 2.97. The van der Waals surface area contributed by atoms with Gasteiger partial charge in [0, 0.05) is 13.5 Å². The number of hydrogen-bond acceptors (Lipinski definition) is 2. The van der Waals surface area contributed by atoms with Crippen LogP contribution in [0, 0.1) is 11.6 Å². The number of ether oxygens (including phenoxy) is 1. The number of aliphatic hydroxyl groups is 1. The zero-order valence-electron chi connectivity index (χ0n) is 8.71. The largest absolute Gasteiger partial charge is 0.390 e. The molecule has 0 aliphatic rings. The van der Waals surface area contributed by atoms with E-state index in [0.717, 1.165) is 6.07 Å². The normalized spacial score (nSPS) is 15.0. The first-order valence-electron chi connectivity index (χ1n) is 4.70. The van der Waals surface area contributed by atoms with E-state index in [4.69, 9.17) is 4.74 Å². The first kappa shape index (κ1) is 12.1. The minimum Gasteiger partial charge on any atom is -0.390 e. The van der Waals surface area contributed by atoms with Gasteiger partial charge in [0.2, 0.25) is 0 Å². The number of methoxy groups -OCH3 is 1. The number of benzene rings is 1. The van der Waals surface area contributed by atoms with Gasteiger partial charge in [0.05, 0.1) is 12.2 Å². The average molecular weight is 216 g/mol. The highest BCUT2D eigenvalue weighted by Gasteiger charge is 2.17. The highest BCUT2D eigenvalue weighted by Crippen LogP contribution is 2.14. The van der Waals surface area contributed by atoms with Crippen LogP contribution in [0.1, 0.15) is 12.5 Å². The Morgan fingerprint density at radius 1 is 1.40 bits per heavy atom. The number of aliphatic hydroxyl groups excluding tert-OH is 1. The van der Waals surface area contributed by atoms with Crippen molar-refractivity contribution in [2.45, 2.75) is 25.6 Å². The molecule has 84 valence electrons. The third-order valence-corrected chi connectivity index (χ3v) is 2.37. The molecule has 2 atom stereocenters. The summed E-state index contributed by atoms with van der Waals surface area (Å²) in [5.41, 5.74) is 0.159. The molecule has 0 aliphatic heterocycles. The minimum absolute atomic E-state index is 0.0403. The summed E-state index contributed by atoms with van der Waals surface area (Å²) >= 11 is 0. The maximum Gasteiger partial charge on any atom is 0.162 e. The Labute approximate surface area is 87.5 Å². The van der Waals surface area contributed by atoms with Crippen molar-refractivity contribution in [3.63, 3.8) is 0 Å². The molecule has 15 heavy (non-hydrogen) atoms. The first-order valence-corrected chi connectivity index (χ1v) is 4.70. The molecule has 0 aliphatic carbocycles. The van der Waals surface area contributed by atoms with Gasteiger partial charge in [0.1, 0.15) is 0 Å². The predicted molar refractivity (Wildman–Crippen MR) is 52.5 cm³/mol. The Bertz CT molecular complexity index is 328. The Kier molecular flexibility index (Phi) is 4.17. The molecule has 2 nitrogen and oxygen atoms in total. The molecule has 1 N–H and O–H groups in total. The van der Waals surface area contributed by atoms with Crippen LogP contribution in [0.2, 0.25) is 0 Å². The molecule has 0 saturated carbocycles. The summed E-state index contributed by atoms with van der Waals surface area (Å²) in [5.74, 6) is -1.80. The van der Waals surface area contributed by atoms with Gasteiger partial charge in [-0.15, -0.1) is 0 Å². The van der Waals surface area contributed by atoms with Crippen molar-refractivity contribution in [3.05, 3.63) is 35.4 Å². The second-order valence-corrected chi connectivity index (χ2v) is 3.43. The van der Waals surface area contributed by atoms with E-state index in [2.05, 4.69) is 0 Å². The van der Waals surface area contributed by atoms with Crippen molar-refractivity contribution >= 4 is 0 Å². The first-order chi connectivity index (χ1) is 7.06. The fourth-order valence-electron chi connectivity index (χ4n) is 1.25. The lowest BCUT2D eigenvalue weighted by Crippen LogP contribution is -2.27. The monoisotopic (exact) mass is 216 g/mol. The van der Waals surface area contributed by atoms with Gasteiger partial charge >= 0.3 is 0 Å². The van der Waals surface area contributed by atoms with Crippen molar-refractivity contribution in [1.82, 2.24) is 0 Å². The van der Waals surface area contributed by atoms with E-state index in [1.54, 1.807) is 6.92 Å². The van der Waals surface area contributed by atoms with Crippen LogP contribution in [0.4, 0.5) is 8.78 Å². The zero-order chi connectivity index (χ0) is 11.4. The van der Waals surface area contributed by atoms with Gasteiger partial charge in [-0.05, 0) is 18.6 Å². The summed E-state index contributed by atoms with van der Waals surface area (Å²) in [4.78, 5) is 0. The van der Waals surface area contributed by atoms with Crippen molar-refractivity contribution in [3.8, 4) is 0 Å². The molecule has 0 saturated heterocycles. The van der Waals surface area contributed by atoms with Gasteiger partial charge in [0.15, 0.2) is 11.6 Å². The summed E-state index contributed by atoms with van der Waals surface area (Å²) in [6, 6.07) is 3.91. The topological polar surface area (TPSA) is 29.5 Å². The van der Waals surface area contributed by atoms with E-state index in [1.165, 1.54) is 19.2 Å². The van der Waals surface area contributed by atoms with Crippen molar-refractivity contribution in [2.24, 2.45) is 0 Å². The summed E-state index contributed by atoms with van der Waals surface area (Å²) in [6.45, 7) is 1.67. The molecule has 0 bridgehead atoms. The SMILES string of the molecule is COC(C)C(O)Cc1cccc(F)c1F. The molecule has 0 amide bonds. The molecule has 0 aromatic heterocycles. The molecule has 0 radical (unpaired) electrons. The predicted octanol–water partition coefficient (Wildman–Crippen LogP) is 1.90. The lowest BCUT2D eigenvalue weighted by molar-refractivity contribution is -0.0000157. The van der Waals surface area contributed by atoms with E-state index in [9.17, 15) is 13.9 Å². The van der Waals surface area contributed by atoms with E-state index in [0.29, 0.717) is 0 Å². The second kappa shape index (κ2) is 5.19. The summed E-state index contributed by atoms with van der Waals surface area (Å²) in [6.07, 6.45) is -1.21. The van der Waals surface area contributed by atoms with E-state index >= 15 is 0 Å². The van der Waals surface area contributed by atoms with Crippen LogP contribution in [-0.2, 0) is 11.2 Å². The average Bonchev–Trinajstić information content (AvgIpc) is 2.23. The molecule has 1 aromatic rings. The molecule has 0 spiro atoms. The molecule has 1 aromatic carbocycles. The lowest BCUT2D eigenvalue weighted by atomic mass is 10.0. The van der Waals surface area contributed by atoms with Crippen LogP contribution in [0.15, 0.2) is 18.2 Å². The number of hydrogen-bond donors (Lipinski definition) is 1. The van der Waals surface area contributed by atoms with Crippen molar-refractivity contribution < 1.29 is 18.6 Å². The molecular weight excluding hydrogens is 202 g/mol. The number of rotatable bonds is 4. The molecule has 0 heterocycles. The van der Waals surface area contributed by atoms with Crippen LogP contribution in [0.3, 0.4) is 0 Å². The number of halogens is 2. The molecule has 2 unspecified atom stereocenters. The van der Waals surface area contributed by atoms with Crippen molar-refractivity contribution in [2.75, 3.05) is 7.11 Å². The third-order valence-electron chi connectivity index (χ3n) is 2.37. The Balaban J connectivity index is 2.76. The highest BCUT2D eigenvalue weighted by molar-refractivity contribution is 5.19. The standard InChI is InChI=1S/C11H14F2O2/c1-7(15-2)10(14)6-8-4-3-5-9(12)11(8)13/h3-5,7,10,14H,6H2,1-2H3. The summed E-state index contributed by atoms with van der Waals surface area (Å²) < 4.78 is 30.9. The molecule has 1 rings (SSSR count). The van der Waals surface area contributed by atoms with Gasteiger partial charge in [0.25, 0.3) is 0 Å². The van der Waals surface area contributed by atoms with Crippen molar-refractivity contribution in [1.29, 1.82) is 0 Å². The Morgan fingerprint density at radius 3 is 2.67 bits per heavy atom. The van der Waals surface area contributed by atoms with Gasteiger partial charge in [-0.25, -0.2) is 8.78 Å². The summed E-state index contributed by atoms with van der Waals surface area (Å²) in [7, 11) is 1.45. The maximum atomic E-state index is 13.2. The van der Waals surface area contributed by atoms with Crippen LogP contribution in [0.5, 0.6) is 0 Å². The van der Waals surface area contributed by atoms with Crippen LogP contribution in [-0.4, -0.2) is 24.4 Å². The summed E-state index contributed by atoms with van der Waals surface area (Å²) in [5, 5.41) is 9.57. The lowest BCUT2D eigenvalue weighted by Gasteiger charge is -2.17. The van der Waals surface area contributed by atoms with Crippen LogP contribution in [0.25, 0.3) is 0 Å². The quantitative estimate of drug-likeness (QED) is 0.833. The van der Waals surface area contributed by atoms with E-state index < -0.39 is 23.8 Å². The van der Waals surface area contributed by atoms with Gasteiger partial charge in [-0.1, -0.05) is 12.1 Å². The Hall–Kier alpha value is -1.00. The highest BCUT2D eigenvalue weighted by atomic mass is 19.2. The fraction of sp³-hybridized carbons (Fsp3) is 0.455. The van der Waals surface area contributed by atoms with Crippen LogP contribution >= 0.6 is 0 Å². The van der Waals surface area contributed by atoms with Gasteiger partial charge in [-0.3, -0.25) is 0 Å². The molecule has 0 fully saturated rings.